The van der Waals surface area contributed by atoms with Gasteiger partial charge in [-0.2, -0.15) is 0 Å². The van der Waals surface area contributed by atoms with Gasteiger partial charge in [-0.15, -0.1) is 0 Å². The van der Waals surface area contributed by atoms with E-state index in [0.717, 1.165) is 5.56 Å². The number of nitrogens with one attached hydrogen (secondary N) is 2. The van der Waals surface area contributed by atoms with E-state index in [1.54, 1.807) is 12.1 Å². The summed E-state index contributed by atoms with van der Waals surface area (Å²) in [6.45, 7) is 5.61. The van der Waals surface area contributed by atoms with Crippen LogP contribution in [-0.2, 0) is 4.79 Å². The highest BCUT2D eigenvalue weighted by Gasteiger charge is 2.17. The number of benzene rings is 1. The highest BCUT2D eigenvalue weighted by molar-refractivity contribution is 5.95. The third kappa shape index (κ3) is 3.85. The zero-order valence-corrected chi connectivity index (χ0v) is 10.9. The average Bonchev–Trinajstić information content (AvgIpc) is 2.35. The van der Waals surface area contributed by atoms with Crippen LogP contribution in [0.15, 0.2) is 24.3 Å². The normalized spacial score (nSPS) is 12.1. The molecule has 5 heteroatoms. The first-order valence-corrected chi connectivity index (χ1v) is 5.84. The topological polar surface area (TPSA) is 84.2 Å². The fraction of sp³-hybridized carbons (Fsp3) is 0.385. The van der Waals surface area contributed by atoms with Gasteiger partial charge in [-0.3, -0.25) is 20.4 Å². The SMILES string of the molecule is Cc1ccc(C(=O)NNC(=O)C(N)C(C)C)cc1. The standard InChI is InChI=1S/C13H19N3O2/c1-8(2)11(14)13(18)16-15-12(17)10-6-4-9(3)5-7-10/h4-8,11H,14H2,1-3H3,(H,15,17)(H,16,18). The average molecular weight is 249 g/mol. The summed E-state index contributed by atoms with van der Waals surface area (Å²) in [5, 5.41) is 0. The molecule has 0 aliphatic heterocycles. The van der Waals surface area contributed by atoms with E-state index < -0.39 is 11.9 Å². The molecule has 1 atom stereocenters. The van der Waals surface area contributed by atoms with E-state index in [0.29, 0.717) is 5.56 Å². The molecule has 0 bridgehead atoms. The van der Waals surface area contributed by atoms with Crippen LogP contribution in [-0.4, -0.2) is 17.9 Å². The fourth-order valence-corrected chi connectivity index (χ4v) is 1.28. The van der Waals surface area contributed by atoms with Crippen LogP contribution >= 0.6 is 0 Å². The number of carbonyl (C=O) groups is 2. The van der Waals surface area contributed by atoms with E-state index in [1.165, 1.54) is 0 Å². The number of hydrogen-bond donors (Lipinski definition) is 3. The molecule has 18 heavy (non-hydrogen) atoms. The molecule has 0 aliphatic carbocycles. The maximum absolute atomic E-state index is 11.7. The van der Waals surface area contributed by atoms with Crippen molar-refractivity contribution in [3.05, 3.63) is 35.4 Å². The molecule has 5 nitrogen and oxygen atoms in total. The van der Waals surface area contributed by atoms with Crippen LogP contribution in [0.25, 0.3) is 0 Å². The molecule has 1 aromatic rings. The lowest BCUT2D eigenvalue weighted by Gasteiger charge is -2.15. The van der Waals surface area contributed by atoms with Crippen molar-refractivity contribution < 1.29 is 9.59 Å². The van der Waals surface area contributed by atoms with Crippen LogP contribution in [0, 0.1) is 12.8 Å². The van der Waals surface area contributed by atoms with Crippen molar-refractivity contribution >= 4 is 11.8 Å². The second-order valence-corrected chi connectivity index (χ2v) is 4.58. The number of rotatable bonds is 3. The molecule has 0 aliphatic rings. The van der Waals surface area contributed by atoms with E-state index in [4.69, 9.17) is 5.73 Å². The van der Waals surface area contributed by atoms with Crippen LogP contribution in [0.1, 0.15) is 29.8 Å². The third-order valence-electron chi connectivity index (χ3n) is 2.63. The Balaban J connectivity index is 2.51. The Kier molecular flexibility index (Phi) is 4.85. The van der Waals surface area contributed by atoms with Gasteiger partial charge in [-0.05, 0) is 25.0 Å². The quantitative estimate of drug-likeness (QED) is 0.691. The molecule has 2 amide bonds. The molecule has 0 spiro atoms. The van der Waals surface area contributed by atoms with Crippen molar-refractivity contribution in [3.8, 4) is 0 Å². The molecular weight excluding hydrogens is 230 g/mol. The molecule has 0 fully saturated rings. The van der Waals surface area contributed by atoms with Crippen molar-refractivity contribution in [3.63, 3.8) is 0 Å². The summed E-state index contributed by atoms with van der Waals surface area (Å²) in [4.78, 5) is 23.2. The predicted octanol–water partition coefficient (Wildman–Crippen LogP) is 0.739. The first kappa shape index (κ1) is 14.2. The smallest absolute Gasteiger partial charge is 0.269 e. The summed E-state index contributed by atoms with van der Waals surface area (Å²) < 4.78 is 0. The van der Waals surface area contributed by atoms with Crippen molar-refractivity contribution in [2.45, 2.75) is 26.8 Å². The van der Waals surface area contributed by atoms with Crippen LogP contribution in [0.4, 0.5) is 0 Å². The highest BCUT2D eigenvalue weighted by Crippen LogP contribution is 2.02. The molecule has 1 rings (SSSR count). The number of hydrogen-bond acceptors (Lipinski definition) is 3. The summed E-state index contributed by atoms with van der Waals surface area (Å²) in [5.74, 6) is -0.744. The van der Waals surface area contributed by atoms with Crippen molar-refractivity contribution in [2.75, 3.05) is 0 Å². The second kappa shape index (κ2) is 6.16. The van der Waals surface area contributed by atoms with E-state index >= 15 is 0 Å². The Morgan fingerprint density at radius 3 is 2.17 bits per heavy atom. The van der Waals surface area contributed by atoms with Crippen LogP contribution in [0.5, 0.6) is 0 Å². The van der Waals surface area contributed by atoms with Crippen molar-refractivity contribution in [2.24, 2.45) is 11.7 Å². The third-order valence-corrected chi connectivity index (χ3v) is 2.63. The van der Waals surface area contributed by atoms with Crippen molar-refractivity contribution in [1.29, 1.82) is 0 Å². The van der Waals surface area contributed by atoms with Gasteiger partial charge in [0.05, 0.1) is 6.04 Å². The lowest BCUT2D eigenvalue weighted by Crippen LogP contribution is -2.51. The van der Waals surface area contributed by atoms with Gasteiger partial charge < -0.3 is 5.73 Å². The molecule has 4 N–H and O–H groups in total. The Bertz CT molecular complexity index is 426. The minimum atomic E-state index is -0.636. The van der Waals surface area contributed by atoms with Gasteiger partial charge in [0, 0.05) is 5.56 Å². The van der Waals surface area contributed by atoms with Gasteiger partial charge in [0.25, 0.3) is 11.8 Å². The van der Waals surface area contributed by atoms with Gasteiger partial charge in [0.1, 0.15) is 0 Å². The summed E-state index contributed by atoms with van der Waals surface area (Å²) >= 11 is 0. The summed E-state index contributed by atoms with van der Waals surface area (Å²) in [5.41, 5.74) is 11.8. The summed E-state index contributed by atoms with van der Waals surface area (Å²) in [6.07, 6.45) is 0. The summed E-state index contributed by atoms with van der Waals surface area (Å²) in [7, 11) is 0. The predicted molar refractivity (Wildman–Crippen MR) is 69.6 cm³/mol. The minimum Gasteiger partial charge on any atom is -0.320 e. The second-order valence-electron chi connectivity index (χ2n) is 4.58. The summed E-state index contributed by atoms with van der Waals surface area (Å²) in [6, 6.07) is 6.41. The molecule has 0 heterocycles. The van der Waals surface area contributed by atoms with Crippen LogP contribution in [0.3, 0.4) is 0 Å². The van der Waals surface area contributed by atoms with Gasteiger partial charge in [0.2, 0.25) is 0 Å². The first-order valence-electron chi connectivity index (χ1n) is 5.84. The maximum atomic E-state index is 11.7. The van der Waals surface area contributed by atoms with E-state index in [9.17, 15) is 9.59 Å². The Hall–Kier alpha value is -1.88. The molecular formula is C13H19N3O2. The lowest BCUT2D eigenvalue weighted by molar-refractivity contribution is -0.124. The molecule has 1 unspecified atom stereocenters. The number of carbonyl (C=O) groups excluding carboxylic acids is 2. The van der Waals surface area contributed by atoms with E-state index in [2.05, 4.69) is 10.9 Å². The van der Waals surface area contributed by atoms with Gasteiger partial charge in [0.15, 0.2) is 0 Å². The highest BCUT2D eigenvalue weighted by atomic mass is 16.2. The molecule has 1 aromatic carbocycles. The lowest BCUT2D eigenvalue weighted by atomic mass is 10.1. The largest absolute Gasteiger partial charge is 0.320 e. The number of aryl methyl sites for hydroxylation is 1. The number of amides is 2. The van der Waals surface area contributed by atoms with Gasteiger partial charge in [-0.1, -0.05) is 31.5 Å². The van der Waals surface area contributed by atoms with Crippen LogP contribution in [0.2, 0.25) is 0 Å². The van der Waals surface area contributed by atoms with Crippen molar-refractivity contribution in [1.82, 2.24) is 10.9 Å². The Morgan fingerprint density at radius 1 is 1.11 bits per heavy atom. The number of hydrazine groups is 1. The minimum absolute atomic E-state index is 0.0151. The molecule has 0 aromatic heterocycles. The molecule has 0 radical (unpaired) electrons. The zero-order chi connectivity index (χ0) is 13.7. The van der Waals surface area contributed by atoms with Gasteiger partial charge >= 0.3 is 0 Å². The molecule has 98 valence electrons. The maximum Gasteiger partial charge on any atom is 0.269 e. The Labute approximate surface area is 107 Å². The van der Waals surface area contributed by atoms with Crippen LogP contribution < -0.4 is 16.6 Å². The Morgan fingerprint density at radius 2 is 1.67 bits per heavy atom. The molecule has 0 saturated carbocycles. The first-order chi connectivity index (χ1) is 8.41. The monoisotopic (exact) mass is 249 g/mol. The van der Waals surface area contributed by atoms with Gasteiger partial charge in [-0.25, -0.2) is 0 Å². The molecule has 0 saturated heterocycles. The fourth-order valence-electron chi connectivity index (χ4n) is 1.28. The zero-order valence-electron chi connectivity index (χ0n) is 10.9. The van der Waals surface area contributed by atoms with E-state index in [-0.39, 0.29) is 11.8 Å². The van der Waals surface area contributed by atoms with E-state index in [1.807, 2.05) is 32.9 Å². The number of nitrogens with two attached hydrogens (primary N) is 1.